The van der Waals surface area contributed by atoms with Crippen LogP contribution < -0.4 is 10.1 Å². The summed E-state index contributed by atoms with van der Waals surface area (Å²) in [4.78, 5) is 8.20. The van der Waals surface area contributed by atoms with Crippen LogP contribution in [0.2, 0.25) is 0 Å². The summed E-state index contributed by atoms with van der Waals surface area (Å²) in [6.45, 7) is 2.82. The zero-order chi connectivity index (χ0) is 13.7. The molecule has 2 rings (SSSR count). The van der Waals surface area contributed by atoms with Gasteiger partial charge in [-0.1, -0.05) is 22.9 Å². The van der Waals surface area contributed by atoms with E-state index in [-0.39, 0.29) is 5.75 Å². The highest BCUT2D eigenvalue weighted by atomic mass is 79.9. The molecular formula is C13H13BrFN3O. The summed E-state index contributed by atoms with van der Waals surface area (Å²) in [5, 5.41) is 3.04. The topological polar surface area (TPSA) is 47.0 Å². The SMILES string of the molecule is CCCNc1nccc(Oc2ccc(Br)cc2F)n1. The lowest BCUT2D eigenvalue weighted by atomic mass is 10.3. The van der Waals surface area contributed by atoms with Crippen LogP contribution in [-0.4, -0.2) is 16.5 Å². The van der Waals surface area contributed by atoms with Crippen molar-refractivity contribution in [1.29, 1.82) is 0 Å². The molecule has 0 radical (unpaired) electrons. The highest BCUT2D eigenvalue weighted by Gasteiger charge is 2.07. The summed E-state index contributed by atoms with van der Waals surface area (Å²) in [6, 6.07) is 6.17. The number of rotatable bonds is 5. The number of benzene rings is 1. The van der Waals surface area contributed by atoms with Gasteiger partial charge in [-0.15, -0.1) is 0 Å². The van der Waals surface area contributed by atoms with E-state index in [0.29, 0.717) is 16.3 Å². The quantitative estimate of drug-likeness (QED) is 0.902. The third kappa shape index (κ3) is 3.89. The zero-order valence-electron chi connectivity index (χ0n) is 10.4. The normalized spacial score (nSPS) is 10.3. The number of halogens is 2. The van der Waals surface area contributed by atoms with Crippen molar-refractivity contribution in [3.05, 3.63) is 40.8 Å². The Kier molecular flexibility index (Phi) is 4.68. The van der Waals surface area contributed by atoms with Crippen molar-refractivity contribution in [2.24, 2.45) is 0 Å². The number of hydrogen-bond donors (Lipinski definition) is 1. The van der Waals surface area contributed by atoms with E-state index in [1.807, 2.05) is 6.92 Å². The summed E-state index contributed by atoms with van der Waals surface area (Å²) in [5.74, 6) is 0.450. The van der Waals surface area contributed by atoms with Gasteiger partial charge in [0, 0.05) is 23.3 Å². The molecule has 0 aliphatic rings. The second-order valence-electron chi connectivity index (χ2n) is 3.82. The van der Waals surface area contributed by atoms with Crippen molar-refractivity contribution >= 4 is 21.9 Å². The number of nitrogens with one attached hydrogen (secondary N) is 1. The summed E-state index contributed by atoms with van der Waals surface area (Å²) in [7, 11) is 0. The maximum atomic E-state index is 13.6. The first-order valence-corrected chi connectivity index (χ1v) is 6.68. The van der Waals surface area contributed by atoms with E-state index < -0.39 is 5.82 Å². The van der Waals surface area contributed by atoms with Crippen LogP contribution in [-0.2, 0) is 0 Å². The Balaban J connectivity index is 2.14. The van der Waals surface area contributed by atoms with Crippen LogP contribution in [0.15, 0.2) is 34.9 Å². The van der Waals surface area contributed by atoms with Crippen molar-refractivity contribution in [3.8, 4) is 11.6 Å². The van der Waals surface area contributed by atoms with Gasteiger partial charge in [0.2, 0.25) is 11.8 Å². The molecule has 0 saturated heterocycles. The van der Waals surface area contributed by atoms with Crippen molar-refractivity contribution in [2.45, 2.75) is 13.3 Å². The molecule has 1 heterocycles. The summed E-state index contributed by atoms with van der Waals surface area (Å²) >= 11 is 3.19. The first-order valence-electron chi connectivity index (χ1n) is 5.89. The molecule has 6 heteroatoms. The molecule has 0 atom stereocenters. The first-order chi connectivity index (χ1) is 9.19. The Hall–Kier alpha value is -1.69. The Labute approximate surface area is 119 Å². The Morgan fingerprint density at radius 2 is 2.21 bits per heavy atom. The third-order valence-electron chi connectivity index (χ3n) is 2.27. The van der Waals surface area contributed by atoms with Crippen LogP contribution in [0.5, 0.6) is 11.6 Å². The first kappa shape index (κ1) is 13.7. The molecule has 0 aliphatic heterocycles. The molecule has 0 spiro atoms. The standard InChI is InChI=1S/C13H13BrFN3O/c1-2-6-16-13-17-7-5-12(18-13)19-11-4-3-9(14)8-10(11)15/h3-5,7-8H,2,6H2,1H3,(H,16,17,18). The lowest BCUT2D eigenvalue weighted by molar-refractivity contribution is 0.427. The van der Waals surface area contributed by atoms with Crippen molar-refractivity contribution < 1.29 is 9.13 Å². The molecule has 2 aromatic rings. The fourth-order valence-electron chi connectivity index (χ4n) is 1.39. The van der Waals surface area contributed by atoms with Crippen LogP contribution in [0.4, 0.5) is 10.3 Å². The van der Waals surface area contributed by atoms with Crippen molar-refractivity contribution in [1.82, 2.24) is 9.97 Å². The monoisotopic (exact) mass is 325 g/mol. The minimum Gasteiger partial charge on any atom is -0.436 e. The van der Waals surface area contributed by atoms with Gasteiger partial charge in [-0.05, 0) is 24.6 Å². The van der Waals surface area contributed by atoms with Gasteiger partial charge < -0.3 is 10.1 Å². The summed E-state index contributed by atoms with van der Waals surface area (Å²) in [6.07, 6.45) is 2.53. The fraction of sp³-hybridized carbons (Fsp3) is 0.231. The lowest BCUT2D eigenvalue weighted by Gasteiger charge is -2.07. The van der Waals surface area contributed by atoms with Gasteiger partial charge in [-0.2, -0.15) is 4.98 Å². The molecule has 0 amide bonds. The molecule has 0 fully saturated rings. The van der Waals surface area contributed by atoms with Crippen LogP contribution in [0, 0.1) is 5.82 Å². The molecule has 4 nitrogen and oxygen atoms in total. The molecule has 19 heavy (non-hydrogen) atoms. The molecular weight excluding hydrogens is 313 g/mol. The second kappa shape index (κ2) is 6.47. The lowest BCUT2D eigenvalue weighted by Crippen LogP contribution is -2.04. The predicted molar refractivity (Wildman–Crippen MR) is 75.0 cm³/mol. The van der Waals surface area contributed by atoms with Gasteiger partial charge in [0.25, 0.3) is 0 Å². The van der Waals surface area contributed by atoms with E-state index in [1.54, 1.807) is 24.4 Å². The molecule has 0 saturated carbocycles. The molecule has 0 unspecified atom stereocenters. The average Bonchev–Trinajstić information content (AvgIpc) is 2.40. The molecule has 100 valence electrons. The maximum absolute atomic E-state index is 13.6. The van der Waals surface area contributed by atoms with E-state index in [9.17, 15) is 4.39 Å². The third-order valence-corrected chi connectivity index (χ3v) is 2.76. The maximum Gasteiger partial charge on any atom is 0.225 e. The van der Waals surface area contributed by atoms with Crippen molar-refractivity contribution in [3.63, 3.8) is 0 Å². The van der Waals surface area contributed by atoms with Crippen LogP contribution in [0.3, 0.4) is 0 Å². The van der Waals surface area contributed by atoms with Gasteiger partial charge in [0.1, 0.15) is 0 Å². The van der Waals surface area contributed by atoms with E-state index in [0.717, 1.165) is 13.0 Å². The smallest absolute Gasteiger partial charge is 0.225 e. The van der Waals surface area contributed by atoms with Gasteiger partial charge in [-0.25, -0.2) is 9.37 Å². The second-order valence-corrected chi connectivity index (χ2v) is 4.74. The van der Waals surface area contributed by atoms with Gasteiger partial charge in [0.05, 0.1) is 0 Å². The predicted octanol–water partition coefficient (Wildman–Crippen LogP) is 3.99. The molecule has 1 aromatic heterocycles. The number of hydrogen-bond acceptors (Lipinski definition) is 4. The molecule has 1 N–H and O–H groups in total. The number of ether oxygens (including phenoxy) is 1. The Morgan fingerprint density at radius 3 is 2.95 bits per heavy atom. The molecule has 1 aromatic carbocycles. The fourth-order valence-corrected chi connectivity index (χ4v) is 1.72. The minimum absolute atomic E-state index is 0.128. The average molecular weight is 326 g/mol. The van der Waals surface area contributed by atoms with Crippen LogP contribution >= 0.6 is 15.9 Å². The van der Waals surface area contributed by atoms with Gasteiger partial charge >= 0.3 is 0 Å². The van der Waals surface area contributed by atoms with E-state index in [4.69, 9.17) is 4.74 Å². The summed E-state index contributed by atoms with van der Waals surface area (Å²) < 4.78 is 19.7. The van der Waals surface area contributed by atoms with Crippen LogP contribution in [0.1, 0.15) is 13.3 Å². The highest BCUT2D eigenvalue weighted by molar-refractivity contribution is 9.10. The molecule has 0 aliphatic carbocycles. The summed E-state index contributed by atoms with van der Waals surface area (Å²) in [5.41, 5.74) is 0. The zero-order valence-corrected chi connectivity index (χ0v) is 11.9. The largest absolute Gasteiger partial charge is 0.436 e. The van der Waals surface area contributed by atoms with E-state index in [2.05, 4.69) is 31.2 Å². The Morgan fingerprint density at radius 1 is 1.37 bits per heavy atom. The van der Waals surface area contributed by atoms with Gasteiger partial charge in [-0.3, -0.25) is 0 Å². The highest BCUT2D eigenvalue weighted by Crippen LogP contribution is 2.25. The Bertz CT molecular complexity index is 565. The van der Waals surface area contributed by atoms with E-state index in [1.165, 1.54) is 6.07 Å². The van der Waals surface area contributed by atoms with Crippen LogP contribution in [0.25, 0.3) is 0 Å². The molecule has 0 bridgehead atoms. The number of nitrogens with zero attached hydrogens (tertiary/aromatic N) is 2. The van der Waals surface area contributed by atoms with E-state index >= 15 is 0 Å². The number of anilines is 1. The van der Waals surface area contributed by atoms with Crippen molar-refractivity contribution in [2.75, 3.05) is 11.9 Å². The minimum atomic E-state index is -0.448. The number of aromatic nitrogens is 2. The van der Waals surface area contributed by atoms with Gasteiger partial charge in [0.15, 0.2) is 11.6 Å².